The van der Waals surface area contributed by atoms with Crippen LogP contribution in [0.4, 0.5) is 0 Å². The summed E-state index contributed by atoms with van der Waals surface area (Å²) in [6, 6.07) is 11.2. The summed E-state index contributed by atoms with van der Waals surface area (Å²) < 4.78 is 32.6. The SMILES string of the molecule is CN(CCCOc1ccccc1)S(=O)(=O)c1sccc1Br. The predicted molar refractivity (Wildman–Crippen MR) is 88.4 cm³/mol. The van der Waals surface area contributed by atoms with Crippen molar-refractivity contribution >= 4 is 37.3 Å². The molecule has 0 unspecified atom stereocenters. The molecule has 1 aromatic carbocycles. The van der Waals surface area contributed by atoms with Crippen LogP contribution in [0.2, 0.25) is 0 Å². The van der Waals surface area contributed by atoms with Crippen molar-refractivity contribution in [1.29, 1.82) is 0 Å². The summed E-state index contributed by atoms with van der Waals surface area (Å²) in [4.78, 5) is 0. The van der Waals surface area contributed by atoms with Gasteiger partial charge in [0.2, 0.25) is 0 Å². The van der Waals surface area contributed by atoms with Gasteiger partial charge in [-0.05, 0) is 45.9 Å². The van der Waals surface area contributed by atoms with Crippen LogP contribution >= 0.6 is 27.3 Å². The number of rotatable bonds is 7. The maximum Gasteiger partial charge on any atom is 0.253 e. The van der Waals surface area contributed by atoms with Gasteiger partial charge < -0.3 is 4.74 Å². The second kappa shape index (κ2) is 7.40. The van der Waals surface area contributed by atoms with Crippen LogP contribution in [0.15, 0.2) is 50.5 Å². The van der Waals surface area contributed by atoms with Crippen LogP contribution < -0.4 is 4.74 Å². The molecule has 1 heterocycles. The molecule has 0 amide bonds. The largest absolute Gasteiger partial charge is 0.494 e. The van der Waals surface area contributed by atoms with Crippen LogP contribution in [0.3, 0.4) is 0 Å². The highest BCUT2D eigenvalue weighted by Gasteiger charge is 2.24. The lowest BCUT2D eigenvalue weighted by Gasteiger charge is -2.16. The Kier molecular flexibility index (Phi) is 5.80. The van der Waals surface area contributed by atoms with Gasteiger partial charge in [0.25, 0.3) is 10.0 Å². The predicted octanol–water partition coefficient (Wildman–Crippen LogP) is 3.60. The van der Waals surface area contributed by atoms with E-state index in [9.17, 15) is 8.42 Å². The van der Waals surface area contributed by atoms with E-state index in [-0.39, 0.29) is 0 Å². The Morgan fingerprint density at radius 2 is 1.95 bits per heavy atom. The molecule has 0 aliphatic carbocycles. The molecule has 0 aliphatic rings. The van der Waals surface area contributed by atoms with E-state index in [1.807, 2.05) is 30.3 Å². The van der Waals surface area contributed by atoms with E-state index in [4.69, 9.17) is 4.74 Å². The van der Waals surface area contributed by atoms with E-state index in [1.54, 1.807) is 18.5 Å². The molecule has 7 heteroatoms. The molecule has 0 N–H and O–H groups in total. The van der Waals surface area contributed by atoms with E-state index in [0.29, 0.717) is 28.3 Å². The van der Waals surface area contributed by atoms with Crippen LogP contribution in [0, 0.1) is 0 Å². The van der Waals surface area contributed by atoms with E-state index in [0.717, 1.165) is 5.75 Å². The Labute approximate surface area is 137 Å². The minimum Gasteiger partial charge on any atom is -0.494 e. The lowest BCUT2D eigenvalue weighted by atomic mass is 10.3. The second-order valence-corrected chi connectivity index (χ2v) is 8.41. The fourth-order valence-electron chi connectivity index (χ4n) is 1.72. The molecule has 0 spiro atoms. The molecular weight excluding hydrogens is 374 g/mol. The first-order valence-electron chi connectivity index (χ1n) is 6.39. The van der Waals surface area contributed by atoms with Crippen molar-refractivity contribution < 1.29 is 13.2 Å². The van der Waals surface area contributed by atoms with Gasteiger partial charge in [0.15, 0.2) is 0 Å². The van der Waals surface area contributed by atoms with Crippen molar-refractivity contribution in [2.75, 3.05) is 20.2 Å². The molecule has 0 radical (unpaired) electrons. The van der Waals surface area contributed by atoms with E-state index < -0.39 is 10.0 Å². The lowest BCUT2D eigenvalue weighted by molar-refractivity contribution is 0.296. The highest BCUT2D eigenvalue weighted by Crippen LogP contribution is 2.29. The van der Waals surface area contributed by atoms with Crippen molar-refractivity contribution in [3.8, 4) is 5.75 Å². The summed E-state index contributed by atoms with van der Waals surface area (Å²) in [6.45, 7) is 0.898. The quantitative estimate of drug-likeness (QED) is 0.679. The third-order valence-electron chi connectivity index (χ3n) is 2.86. The maximum absolute atomic E-state index is 12.3. The van der Waals surface area contributed by atoms with Gasteiger partial charge in [-0.25, -0.2) is 12.7 Å². The average Bonchev–Trinajstić information content (AvgIpc) is 2.91. The van der Waals surface area contributed by atoms with Crippen molar-refractivity contribution in [2.45, 2.75) is 10.6 Å². The van der Waals surface area contributed by atoms with Crippen LogP contribution in [0.25, 0.3) is 0 Å². The van der Waals surface area contributed by atoms with Crippen LogP contribution in [0.1, 0.15) is 6.42 Å². The number of sulfonamides is 1. The topological polar surface area (TPSA) is 46.6 Å². The molecule has 0 atom stereocenters. The van der Waals surface area contributed by atoms with Crippen LogP contribution in [-0.2, 0) is 10.0 Å². The number of ether oxygens (including phenoxy) is 1. The van der Waals surface area contributed by atoms with Crippen LogP contribution in [0.5, 0.6) is 5.75 Å². The fraction of sp³-hybridized carbons (Fsp3) is 0.286. The molecular formula is C14H16BrNO3S2. The smallest absolute Gasteiger partial charge is 0.253 e. The van der Waals surface area contributed by atoms with Gasteiger partial charge in [0.05, 0.1) is 6.61 Å². The Morgan fingerprint density at radius 3 is 2.57 bits per heavy atom. The van der Waals surface area contributed by atoms with Crippen molar-refractivity contribution in [3.63, 3.8) is 0 Å². The number of benzene rings is 1. The number of halogens is 1. The lowest BCUT2D eigenvalue weighted by Crippen LogP contribution is -2.28. The number of para-hydroxylation sites is 1. The Hall–Kier alpha value is -0.890. The van der Waals surface area contributed by atoms with Crippen molar-refractivity contribution in [2.24, 2.45) is 0 Å². The van der Waals surface area contributed by atoms with E-state index in [2.05, 4.69) is 15.9 Å². The highest BCUT2D eigenvalue weighted by molar-refractivity contribution is 9.10. The molecule has 0 bridgehead atoms. The zero-order valence-corrected chi connectivity index (χ0v) is 14.7. The van der Waals surface area contributed by atoms with E-state index in [1.165, 1.54) is 15.6 Å². The standard InChI is InChI=1S/C14H16BrNO3S2/c1-16(21(17,18)14-13(15)8-11-20-14)9-5-10-19-12-6-3-2-4-7-12/h2-4,6-8,11H,5,9-10H2,1H3. The summed E-state index contributed by atoms with van der Waals surface area (Å²) in [5.41, 5.74) is 0. The van der Waals surface area contributed by atoms with Crippen molar-refractivity contribution in [3.05, 3.63) is 46.3 Å². The Bertz CT molecular complexity index is 671. The number of nitrogens with zero attached hydrogens (tertiary/aromatic N) is 1. The van der Waals surface area contributed by atoms with Gasteiger partial charge in [0, 0.05) is 18.1 Å². The van der Waals surface area contributed by atoms with Gasteiger partial charge in [-0.1, -0.05) is 18.2 Å². The third-order valence-corrected chi connectivity index (χ3v) is 7.36. The molecule has 0 saturated carbocycles. The summed E-state index contributed by atoms with van der Waals surface area (Å²) in [6.07, 6.45) is 0.633. The molecule has 0 fully saturated rings. The summed E-state index contributed by atoms with van der Waals surface area (Å²) in [7, 11) is -1.83. The molecule has 2 rings (SSSR count). The molecule has 0 saturated heterocycles. The molecule has 2 aromatic rings. The van der Waals surface area contributed by atoms with Gasteiger partial charge >= 0.3 is 0 Å². The number of hydrogen-bond donors (Lipinski definition) is 0. The van der Waals surface area contributed by atoms with E-state index >= 15 is 0 Å². The monoisotopic (exact) mass is 389 g/mol. The number of thiophene rings is 1. The fourth-order valence-corrected chi connectivity index (χ4v) is 5.43. The molecule has 114 valence electrons. The average molecular weight is 390 g/mol. The first kappa shape index (κ1) is 16.5. The first-order valence-corrected chi connectivity index (χ1v) is 9.50. The molecule has 21 heavy (non-hydrogen) atoms. The van der Waals surface area contributed by atoms with Gasteiger partial charge in [-0.15, -0.1) is 11.3 Å². The highest BCUT2D eigenvalue weighted by atomic mass is 79.9. The Morgan fingerprint density at radius 1 is 1.24 bits per heavy atom. The zero-order chi connectivity index (χ0) is 15.3. The van der Waals surface area contributed by atoms with Gasteiger partial charge in [-0.2, -0.15) is 0 Å². The normalized spacial score (nSPS) is 11.8. The first-order chi connectivity index (χ1) is 10.0. The Balaban J connectivity index is 1.85. The summed E-state index contributed by atoms with van der Waals surface area (Å²) in [5, 5.41) is 1.75. The third kappa shape index (κ3) is 4.29. The van der Waals surface area contributed by atoms with Gasteiger partial charge in [0.1, 0.15) is 9.96 Å². The molecule has 1 aromatic heterocycles. The summed E-state index contributed by atoms with van der Waals surface area (Å²) in [5.74, 6) is 0.795. The minimum atomic E-state index is -3.42. The van der Waals surface area contributed by atoms with Crippen LogP contribution in [-0.4, -0.2) is 32.9 Å². The number of hydrogen-bond acceptors (Lipinski definition) is 4. The van der Waals surface area contributed by atoms with Gasteiger partial charge in [-0.3, -0.25) is 0 Å². The summed E-state index contributed by atoms with van der Waals surface area (Å²) >= 11 is 4.48. The van der Waals surface area contributed by atoms with Crippen molar-refractivity contribution in [1.82, 2.24) is 4.31 Å². The maximum atomic E-state index is 12.3. The second-order valence-electron chi connectivity index (χ2n) is 4.40. The minimum absolute atomic E-state index is 0.342. The zero-order valence-electron chi connectivity index (χ0n) is 11.5. The molecule has 0 aliphatic heterocycles. The molecule has 4 nitrogen and oxygen atoms in total.